The zero-order valence-electron chi connectivity index (χ0n) is 11.7. The van der Waals surface area contributed by atoms with Gasteiger partial charge in [-0.05, 0) is 19.8 Å². The van der Waals surface area contributed by atoms with Gasteiger partial charge in [0, 0.05) is 12.6 Å². The highest BCUT2D eigenvalue weighted by atomic mass is 32.2. The van der Waals surface area contributed by atoms with Gasteiger partial charge in [0.25, 0.3) is 0 Å². The molecule has 1 atom stereocenters. The molecule has 1 heterocycles. The summed E-state index contributed by atoms with van der Waals surface area (Å²) in [6.45, 7) is 6.70. The summed E-state index contributed by atoms with van der Waals surface area (Å²) in [5.74, 6) is 0.248. The van der Waals surface area contributed by atoms with E-state index in [2.05, 4.69) is 22.4 Å². The van der Waals surface area contributed by atoms with Crippen molar-refractivity contribution in [3.63, 3.8) is 0 Å². The van der Waals surface area contributed by atoms with E-state index in [0.717, 1.165) is 19.3 Å². The summed E-state index contributed by atoms with van der Waals surface area (Å²) in [6.07, 6.45) is 2.84. The Morgan fingerprint density at radius 3 is 2.89 bits per heavy atom. The van der Waals surface area contributed by atoms with Crippen molar-refractivity contribution in [2.24, 2.45) is 0 Å². The van der Waals surface area contributed by atoms with Crippen LogP contribution in [-0.4, -0.2) is 32.5 Å². The number of aromatic amines is 1. The summed E-state index contributed by atoms with van der Waals surface area (Å²) < 4.78 is 1.59. The Kier molecular flexibility index (Phi) is 6.69. The number of unbranched alkanes of at least 4 members (excludes halogenated alkanes) is 1. The van der Waals surface area contributed by atoms with E-state index in [0.29, 0.717) is 11.7 Å². The van der Waals surface area contributed by atoms with Gasteiger partial charge in [0.1, 0.15) is 0 Å². The molecule has 0 spiro atoms. The number of thioether (sulfide) groups is 1. The van der Waals surface area contributed by atoms with Gasteiger partial charge < -0.3 is 5.32 Å². The number of carbonyl (C=O) groups excluding carboxylic acids is 1. The lowest BCUT2D eigenvalue weighted by Crippen LogP contribution is -2.33. The van der Waals surface area contributed by atoms with Gasteiger partial charge in [-0.25, -0.2) is 9.89 Å². The van der Waals surface area contributed by atoms with Crippen molar-refractivity contribution in [3.05, 3.63) is 10.5 Å². The van der Waals surface area contributed by atoms with Crippen LogP contribution in [0.2, 0.25) is 0 Å². The van der Waals surface area contributed by atoms with Crippen LogP contribution in [0, 0.1) is 0 Å². The Balaban J connectivity index is 2.53. The van der Waals surface area contributed by atoms with Crippen LogP contribution in [0.5, 0.6) is 0 Å². The molecule has 108 valence electrons. The summed E-state index contributed by atoms with van der Waals surface area (Å²) in [5, 5.41) is 9.84. The molecule has 0 aliphatic carbocycles. The predicted octanol–water partition coefficient (Wildman–Crippen LogP) is 1.38. The Morgan fingerprint density at radius 2 is 2.26 bits per heavy atom. The van der Waals surface area contributed by atoms with E-state index in [1.165, 1.54) is 11.8 Å². The van der Waals surface area contributed by atoms with Crippen LogP contribution >= 0.6 is 11.8 Å². The molecule has 0 saturated heterocycles. The second-order valence-corrected chi connectivity index (χ2v) is 5.42. The molecule has 0 aliphatic heterocycles. The molecule has 0 fully saturated rings. The van der Waals surface area contributed by atoms with E-state index in [9.17, 15) is 9.59 Å². The van der Waals surface area contributed by atoms with E-state index in [1.807, 2.05) is 13.8 Å². The first-order valence-corrected chi connectivity index (χ1v) is 7.64. The second-order valence-electron chi connectivity index (χ2n) is 4.48. The fraction of sp³-hybridized carbons (Fsp3) is 0.750. The number of rotatable bonds is 8. The molecule has 0 aliphatic rings. The lowest BCUT2D eigenvalue weighted by molar-refractivity contribution is -0.119. The predicted molar refractivity (Wildman–Crippen MR) is 76.4 cm³/mol. The lowest BCUT2D eigenvalue weighted by Gasteiger charge is -2.10. The van der Waals surface area contributed by atoms with Gasteiger partial charge in [-0.15, -0.1) is 5.10 Å². The largest absolute Gasteiger partial charge is 0.353 e. The van der Waals surface area contributed by atoms with Crippen LogP contribution < -0.4 is 11.0 Å². The normalized spacial score (nSPS) is 12.4. The number of carbonyl (C=O) groups is 1. The van der Waals surface area contributed by atoms with E-state index in [-0.39, 0.29) is 23.4 Å². The molecule has 0 saturated carbocycles. The fourth-order valence-electron chi connectivity index (χ4n) is 1.48. The number of aromatic nitrogens is 3. The average Bonchev–Trinajstić information content (AvgIpc) is 2.74. The van der Waals surface area contributed by atoms with Crippen molar-refractivity contribution in [2.75, 3.05) is 5.75 Å². The minimum Gasteiger partial charge on any atom is -0.353 e. The summed E-state index contributed by atoms with van der Waals surface area (Å²) in [7, 11) is 0. The van der Waals surface area contributed by atoms with Crippen molar-refractivity contribution >= 4 is 17.7 Å². The van der Waals surface area contributed by atoms with Crippen molar-refractivity contribution in [2.45, 2.75) is 57.8 Å². The van der Waals surface area contributed by atoms with Crippen molar-refractivity contribution in [1.82, 2.24) is 20.1 Å². The van der Waals surface area contributed by atoms with Crippen molar-refractivity contribution in [1.29, 1.82) is 0 Å². The van der Waals surface area contributed by atoms with Gasteiger partial charge in [-0.3, -0.25) is 9.36 Å². The van der Waals surface area contributed by atoms with Gasteiger partial charge in [0.2, 0.25) is 5.91 Å². The molecule has 1 aromatic rings. The molecule has 1 amide bonds. The minimum absolute atomic E-state index is 0.0307. The summed E-state index contributed by atoms with van der Waals surface area (Å²) >= 11 is 1.29. The quantitative estimate of drug-likeness (QED) is 0.708. The zero-order chi connectivity index (χ0) is 14.3. The monoisotopic (exact) mass is 286 g/mol. The SMILES string of the molecule is CCCCn1c(SCC(=O)NC(C)CC)n[nH]c1=O. The topological polar surface area (TPSA) is 79.8 Å². The maximum absolute atomic E-state index is 11.7. The highest BCUT2D eigenvalue weighted by Gasteiger charge is 2.11. The van der Waals surface area contributed by atoms with Crippen LogP contribution in [-0.2, 0) is 11.3 Å². The number of amides is 1. The summed E-state index contributed by atoms with van der Waals surface area (Å²) in [6, 6.07) is 0.176. The highest BCUT2D eigenvalue weighted by molar-refractivity contribution is 7.99. The first-order valence-electron chi connectivity index (χ1n) is 6.65. The third-order valence-electron chi connectivity index (χ3n) is 2.81. The third-order valence-corrected chi connectivity index (χ3v) is 3.79. The standard InChI is InChI=1S/C12H22N4O2S/c1-4-6-7-16-11(18)14-15-12(16)19-8-10(17)13-9(3)5-2/h9H,4-8H2,1-3H3,(H,13,17)(H,14,18). The van der Waals surface area contributed by atoms with Crippen LogP contribution in [0.3, 0.4) is 0 Å². The fourth-order valence-corrected chi connectivity index (χ4v) is 2.26. The molecule has 2 N–H and O–H groups in total. The Labute approximate surface area is 117 Å². The van der Waals surface area contributed by atoms with Gasteiger partial charge in [-0.2, -0.15) is 0 Å². The maximum Gasteiger partial charge on any atom is 0.343 e. The zero-order valence-corrected chi connectivity index (χ0v) is 12.5. The number of nitrogens with one attached hydrogen (secondary N) is 2. The third kappa shape index (κ3) is 5.10. The second kappa shape index (κ2) is 8.04. The van der Waals surface area contributed by atoms with Crippen LogP contribution in [0.15, 0.2) is 9.95 Å². The van der Waals surface area contributed by atoms with Crippen LogP contribution in [0.25, 0.3) is 0 Å². The first-order chi connectivity index (χ1) is 9.08. The molecule has 6 nitrogen and oxygen atoms in total. The molecule has 7 heteroatoms. The van der Waals surface area contributed by atoms with Gasteiger partial charge >= 0.3 is 5.69 Å². The Morgan fingerprint density at radius 1 is 1.53 bits per heavy atom. The molecule has 0 bridgehead atoms. The maximum atomic E-state index is 11.7. The number of hydrogen-bond donors (Lipinski definition) is 2. The van der Waals surface area contributed by atoms with Crippen LogP contribution in [0.4, 0.5) is 0 Å². The van der Waals surface area contributed by atoms with E-state index < -0.39 is 0 Å². The van der Waals surface area contributed by atoms with E-state index in [1.54, 1.807) is 4.57 Å². The molecule has 0 radical (unpaired) electrons. The first kappa shape index (κ1) is 15.8. The smallest absolute Gasteiger partial charge is 0.343 e. The number of H-pyrrole nitrogens is 1. The lowest BCUT2D eigenvalue weighted by atomic mass is 10.3. The average molecular weight is 286 g/mol. The summed E-state index contributed by atoms with van der Waals surface area (Å²) in [4.78, 5) is 23.2. The van der Waals surface area contributed by atoms with E-state index >= 15 is 0 Å². The van der Waals surface area contributed by atoms with E-state index in [4.69, 9.17) is 0 Å². The number of hydrogen-bond acceptors (Lipinski definition) is 4. The molecule has 0 aromatic carbocycles. The van der Waals surface area contributed by atoms with Crippen molar-refractivity contribution < 1.29 is 4.79 Å². The molecular formula is C12H22N4O2S. The molecular weight excluding hydrogens is 264 g/mol. The number of nitrogens with zero attached hydrogens (tertiary/aromatic N) is 2. The molecule has 1 unspecified atom stereocenters. The Bertz CT molecular complexity index is 455. The Hall–Kier alpha value is -1.24. The van der Waals surface area contributed by atoms with Gasteiger partial charge in [0.05, 0.1) is 5.75 Å². The highest BCUT2D eigenvalue weighted by Crippen LogP contribution is 2.13. The van der Waals surface area contributed by atoms with Crippen LogP contribution in [0.1, 0.15) is 40.0 Å². The molecule has 1 aromatic heterocycles. The van der Waals surface area contributed by atoms with Gasteiger partial charge in [0.15, 0.2) is 5.16 Å². The van der Waals surface area contributed by atoms with Gasteiger partial charge in [-0.1, -0.05) is 32.0 Å². The van der Waals surface area contributed by atoms with Crippen molar-refractivity contribution in [3.8, 4) is 0 Å². The summed E-state index contributed by atoms with van der Waals surface area (Å²) in [5.41, 5.74) is -0.210. The minimum atomic E-state index is -0.210. The molecule has 19 heavy (non-hydrogen) atoms. The molecule has 1 rings (SSSR count).